The molecule has 0 spiro atoms. The first-order valence-corrected chi connectivity index (χ1v) is 7.97. The van der Waals surface area contributed by atoms with Crippen LogP contribution in [-0.2, 0) is 5.54 Å². The zero-order valence-electron chi connectivity index (χ0n) is 12.9. The van der Waals surface area contributed by atoms with E-state index in [-0.39, 0.29) is 12.4 Å². The highest BCUT2D eigenvalue weighted by molar-refractivity contribution is 6.33. The van der Waals surface area contributed by atoms with Crippen molar-refractivity contribution in [2.75, 3.05) is 13.1 Å². The van der Waals surface area contributed by atoms with Crippen molar-refractivity contribution in [3.63, 3.8) is 0 Å². The summed E-state index contributed by atoms with van der Waals surface area (Å²) in [6, 6.07) is 9.41. The Morgan fingerprint density at radius 1 is 1.17 bits per heavy atom. The molecule has 0 saturated carbocycles. The Morgan fingerprint density at radius 3 is 2.67 bits per heavy atom. The molecule has 126 valence electrons. The smallest absolute Gasteiger partial charge is 0.255 e. The summed E-state index contributed by atoms with van der Waals surface area (Å²) in [5.74, 6) is 1.09. The van der Waals surface area contributed by atoms with Gasteiger partial charge in [0.15, 0.2) is 0 Å². The summed E-state index contributed by atoms with van der Waals surface area (Å²) in [7, 11) is 0. The topological polar surface area (TPSA) is 68.8 Å². The highest BCUT2D eigenvalue weighted by Gasteiger charge is 2.41. The second-order valence-corrected chi connectivity index (χ2v) is 6.04. The number of nitrogens with zero attached hydrogens (tertiary/aromatic N) is 4. The molecule has 2 aromatic heterocycles. The number of piperidine rings is 1. The summed E-state index contributed by atoms with van der Waals surface area (Å²) in [5.41, 5.74) is 0.370. The molecule has 1 aliphatic heterocycles. The Morgan fingerprint density at radius 2 is 1.96 bits per heavy atom. The standard InChI is InChI=1S/C16H16ClN5O.ClH/c17-13-5-2-1-4-12(13)14-20-15(23-21-14)16(6-9-18-10-7-16)22-11-3-8-19-22;/h1-5,8,11,18H,6-7,9-10H2;1H. The number of nitrogens with one attached hydrogen (secondary N) is 1. The number of hydrogen-bond donors (Lipinski definition) is 1. The van der Waals surface area contributed by atoms with Gasteiger partial charge < -0.3 is 9.84 Å². The zero-order chi connectivity index (χ0) is 15.7. The molecule has 8 heteroatoms. The Kier molecular flexibility index (Phi) is 4.89. The highest BCUT2D eigenvalue weighted by Crippen LogP contribution is 2.35. The molecule has 1 aliphatic rings. The third-order valence-electron chi connectivity index (χ3n) is 4.31. The van der Waals surface area contributed by atoms with Crippen molar-refractivity contribution in [3.8, 4) is 11.4 Å². The molecular formula is C16H17Cl2N5O. The summed E-state index contributed by atoms with van der Waals surface area (Å²) in [4.78, 5) is 4.64. The van der Waals surface area contributed by atoms with E-state index in [9.17, 15) is 0 Å². The van der Waals surface area contributed by atoms with Crippen molar-refractivity contribution < 1.29 is 4.52 Å². The maximum absolute atomic E-state index is 6.24. The van der Waals surface area contributed by atoms with E-state index in [1.807, 2.05) is 41.2 Å². The van der Waals surface area contributed by atoms with Gasteiger partial charge in [0.2, 0.25) is 5.82 Å². The van der Waals surface area contributed by atoms with E-state index in [4.69, 9.17) is 16.1 Å². The number of hydrogen-bond acceptors (Lipinski definition) is 5. The van der Waals surface area contributed by atoms with Gasteiger partial charge in [0.25, 0.3) is 5.89 Å². The minimum absolute atomic E-state index is 0. The van der Waals surface area contributed by atoms with Crippen molar-refractivity contribution in [3.05, 3.63) is 53.6 Å². The fraction of sp³-hybridized carbons (Fsp3) is 0.312. The molecule has 1 saturated heterocycles. The third-order valence-corrected chi connectivity index (χ3v) is 4.64. The van der Waals surface area contributed by atoms with Crippen molar-refractivity contribution in [1.82, 2.24) is 25.2 Å². The lowest BCUT2D eigenvalue weighted by Gasteiger charge is -2.34. The van der Waals surface area contributed by atoms with Gasteiger partial charge in [0.1, 0.15) is 5.54 Å². The van der Waals surface area contributed by atoms with E-state index >= 15 is 0 Å². The predicted molar refractivity (Wildman–Crippen MR) is 93.4 cm³/mol. The molecule has 0 atom stereocenters. The van der Waals surface area contributed by atoms with Crippen LogP contribution >= 0.6 is 24.0 Å². The summed E-state index contributed by atoms with van der Waals surface area (Å²) in [6.45, 7) is 1.76. The lowest BCUT2D eigenvalue weighted by molar-refractivity contribution is 0.172. The number of benzene rings is 1. The summed E-state index contributed by atoms with van der Waals surface area (Å²) in [5, 5.41) is 12.5. The Hall–Kier alpha value is -1.89. The van der Waals surface area contributed by atoms with Crippen LogP contribution in [-0.4, -0.2) is 33.0 Å². The molecule has 3 heterocycles. The minimum Gasteiger partial charge on any atom is -0.336 e. The molecule has 0 radical (unpaired) electrons. The molecule has 4 rings (SSSR count). The molecule has 24 heavy (non-hydrogen) atoms. The van der Waals surface area contributed by atoms with Gasteiger partial charge in [-0.2, -0.15) is 10.1 Å². The molecule has 3 aromatic rings. The quantitative estimate of drug-likeness (QED) is 0.771. The largest absolute Gasteiger partial charge is 0.336 e. The van der Waals surface area contributed by atoms with Crippen LogP contribution in [0.2, 0.25) is 5.02 Å². The average Bonchev–Trinajstić information content (AvgIpc) is 3.28. The van der Waals surface area contributed by atoms with Crippen LogP contribution in [0.4, 0.5) is 0 Å². The number of halogens is 2. The third kappa shape index (κ3) is 2.81. The van der Waals surface area contributed by atoms with E-state index in [1.54, 1.807) is 6.20 Å². The Bertz CT molecular complexity index is 796. The number of rotatable bonds is 3. The molecule has 0 aliphatic carbocycles. The van der Waals surface area contributed by atoms with Gasteiger partial charge in [-0.3, -0.25) is 4.68 Å². The van der Waals surface area contributed by atoms with Crippen molar-refractivity contribution in [2.24, 2.45) is 0 Å². The van der Waals surface area contributed by atoms with Crippen molar-refractivity contribution in [1.29, 1.82) is 0 Å². The van der Waals surface area contributed by atoms with Crippen LogP contribution in [0.3, 0.4) is 0 Å². The Balaban J connectivity index is 0.00000169. The highest BCUT2D eigenvalue weighted by atomic mass is 35.5. The van der Waals surface area contributed by atoms with Crippen LogP contribution in [0.25, 0.3) is 11.4 Å². The monoisotopic (exact) mass is 365 g/mol. The Labute approximate surface area is 150 Å². The van der Waals surface area contributed by atoms with Gasteiger partial charge in [-0.15, -0.1) is 12.4 Å². The normalized spacial score (nSPS) is 16.5. The summed E-state index contributed by atoms with van der Waals surface area (Å²) >= 11 is 6.24. The molecule has 1 aromatic carbocycles. The van der Waals surface area contributed by atoms with Crippen LogP contribution in [0, 0.1) is 0 Å². The van der Waals surface area contributed by atoms with E-state index in [2.05, 4.69) is 20.6 Å². The molecule has 0 amide bonds. The van der Waals surface area contributed by atoms with E-state index in [0.29, 0.717) is 16.7 Å². The van der Waals surface area contributed by atoms with Crippen molar-refractivity contribution >= 4 is 24.0 Å². The second-order valence-electron chi connectivity index (χ2n) is 5.64. The zero-order valence-corrected chi connectivity index (χ0v) is 14.4. The van der Waals surface area contributed by atoms with Gasteiger partial charge >= 0.3 is 0 Å². The first-order valence-electron chi connectivity index (χ1n) is 7.59. The van der Waals surface area contributed by atoms with Gasteiger partial charge in [-0.1, -0.05) is 28.9 Å². The fourth-order valence-electron chi connectivity index (χ4n) is 3.07. The van der Waals surface area contributed by atoms with Gasteiger partial charge in [0.05, 0.1) is 5.02 Å². The predicted octanol–water partition coefficient (Wildman–Crippen LogP) is 3.14. The number of aromatic nitrogens is 4. The van der Waals surface area contributed by atoms with Crippen molar-refractivity contribution in [2.45, 2.75) is 18.4 Å². The lowest BCUT2D eigenvalue weighted by atomic mass is 9.88. The van der Waals surface area contributed by atoms with E-state index in [1.165, 1.54) is 0 Å². The van der Waals surface area contributed by atoms with Crippen LogP contribution < -0.4 is 5.32 Å². The lowest BCUT2D eigenvalue weighted by Crippen LogP contribution is -2.45. The van der Waals surface area contributed by atoms with Gasteiger partial charge in [0, 0.05) is 18.0 Å². The minimum atomic E-state index is -0.402. The van der Waals surface area contributed by atoms with E-state index < -0.39 is 5.54 Å². The first kappa shape index (κ1) is 17.0. The summed E-state index contributed by atoms with van der Waals surface area (Å²) < 4.78 is 7.56. The molecule has 1 N–H and O–H groups in total. The molecule has 6 nitrogen and oxygen atoms in total. The van der Waals surface area contributed by atoms with Gasteiger partial charge in [-0.25, -0.2) is 0 Å². The molecule has 0 unspecified atom stereocenters. The second kappa shape index (κ2) is 6.93. The van der Waals surface area contributed by atoms with Crippen LogP contribution in [0.15, 0.2) is 47.2 Å². The van der Waals surface area contributed by atoms with Crippen LogP contribution in [0.5, 0.6) is 0 Å². The summed E-state index contributed by atoms with van der Waals surface area (Å²) in [6.07, 6.45) is 5.41. The van der Waals surface area contributed by atoms with Crippen LogP contribution in [0.1, 0.15) is 18.7 Å². The SMILES string of the molecule is Cl.Clc1ccccc1-c1noc(C2(n3cccn3)CCNCC2)n1. The molecular weight excluding hydrogens is 349 g/mol. The molecule has 1 fully saturated rings. The average molecular weight is 366 g/mol. The maximum atomic E-state index is 6.24. The maximum Gasteiger partial charge on any atom is 0.255 e. The first-order chi connectivity index (χ1) is 11.3. The fourth-order valence-corrected chi connectivity index (χ4v) is 3.29. The van der Waals surface area contributed by atoms with E-state index in [0.717, 1.165) is 31.5 Å². The van der Waals surface area contributed by atoms with Gasteiger partial charge in [-0.05, 0) is 44.1 Å². The molecule has 0 bridgehead atoms.